The number of benzene rings is 2. The van der Waals surface area contributed by atoms with Gasteiger partial charge in [-0.3, -0.25) is 10.1 Å². The number of aliphatic imine (C=N–C) groups is 1. The highest BCUT2D eigenvalue weighted by Gasteiger charge is 2.40. The Morgan fingerprint density at radius 1 is 0.898 bits per heavy atom. The number of hydrogen-bond donors (Lipinski definition) is 1. The van der Waals surface area contributed by atoms with Gasteiger partial charge in [0.15, 0.2) is 0 Å². The van der Waals surface area contributed by atoms with Crippen molar-refractivity contribution in [1.82, 2.24) is 18.9 Å². The molecular formula is C39H47N7O2S. The van der Waals surface area contributed by atoms with Gasteiger partial charge in [0.2, 0.25) is 0 Å². The van der Waals surface area contributed by atoms with Crippen LogP contribution in [0.3, 0.4) is 0 Å². The summed E-state index contributed by atoms with van der Waals surface area (Å²) in [7, 11) is 0. The fourth-order valence-corrected chi connectivity index (χ4v) is 9.20. The van der Waals surface area contributed by atoms with Gasteiger partial charge < -0.3 is 24.7 Å². The predicted molar refractivity (Wildman–Crippen MR) is 200 cm³/mol. The van der Waals surface area contributed by atoms with E-state index in [4.69, 9.17) is 10.7 Å². The van der Waals surface area contributed by atoms with Crippen LogP contribution in [0.15, 0.2) is 77.4 Å². The largest absolute Gasteiger partial charge is 0.383 e. The van der Waals surface area contributed by atoms with Gasteiger partial charge in [-0.25, -0.2) is 4.99 Å². The highest BCUT2D eigenvalue weighted by molar-refractivity contribution is 7.12. The third kappa shape index (κ3) is 7.18. The van der Waals surface area contributed by atoms with Crippen molar-refractivity contribution in [2.24, 2.45) is 16.6 Å². The van der Waals surface area contributed by atoms with E-state index in [0.717, 1.165) is 60.2 Å². The molecule has 5 heterocycles. The van der Waals surface area contributed by atoms with Gasteiger partial charge in [-0.05, 0) is 149 Å². The molecule has 49 heavy (non-hydrogen) atoms. The molecule has 5 aromatic rings. The summed E-state index contributed by atoms with van der Waals surface area (Å²) >= 11 is 1.69. The van der Waals surface area contributed by atoms with Crippen molar-refractivity contribution >= 4 is 50.4 Å². The lowest BCUT2D eigenvalue weighted by atomic mass is 10.0. The smallest absolute Gasteiger partial charge is 0.271 e. The topological polar surface area (TPSA) is 97.9 Å². The summed E-state index contributed by atoms with van der Waals surface area (Å²) in [6.45, 7) is 8.10. The van der Waals surface area contributed by atoms with Crippen LogP contribution in [-0.2, 0) is 6.54 Å². The molecule has 2 unspecified atom stereocenters. The number of nitro groups is 1. The number of amidine groups is 1. The van der Waals surface area contributed by atoms with E-state index in [1.54, 1.807) is 23.5 Å². The number of nitrogens with two attached hydrogens (primary N) is 1. The Hall–Kier alpha value is -3.99. The molecule has 2 N–H and O–H groups in total. The number of fused-ring (bicyclic) bond motifs is 2. The van der Waals surface area contributed by atoms with Crippen LogP contribution in [0.1, 0.15) is 73.8 Å². The van der Waals surface area contributed by atoms with Crippen molar-refractivity contribution in [2.75, 3.05) is 39.3 Å². The lowest BCUT2D eigenvalue weighted by molar-refractivity contribution is -0.384. The van der Waals surface area contributed by atoms with Gasteiger partial charge in [-0.2, -0.15) is 0 Å². The molecule has 2 saturated heterocycles. The van der Waals surface area contributed by atoms with Crippen LogP contribution in [-0.4, -0.2) is 69.0 Å². The van der Waals surface area contributed by atoms with Crippen LogP contribution in [0.2, 0.25) is 0 Å². The zero-order chi connectivity index (χ0) is 33.3. The minimum Gasteiger partial charge on any atom is -0.383 e. The van der Waals surface area contributed by atoms with Crippen molar-refractivity contribution in [3.8, 4) is 0 Å². The zero-order valence-corrected chi connectivity index (χ0v) is 29.1. The van der Waals surface area contributed by atoms with Gasteiger partial charge in [-0.15, -0.1) is 11.3 Å². The summed E-state index contributed by atoms with van der Waals surface area (Å²) in [5, 5.41) is 16.2. The number of thiophene rings is 1. The van der Waals surface area contributed by atoms with Crippen LogP contribution >= 0.6 is 11.3 Å². The van der Waals surface area contributed by atoms with Crippen LogP contribution < -0.4 is 5.73 Å². The molecule has 256 valence electrons. The van der Waals surface area contributed by atoms with E-state index < -0.39 is 0 Å². The van der Waals surface area contributed by atoms with Gasteiger partial charge in [0.25, 0.3) is 5.69 Å². The Bertz CT molecular complexity index is 1960. The zero-order valence-electron chi connectivity index (χ0n) is 28.3. The van der Waals surface area contributed by atoms with E-state index in [2.05, 4.69) is 73.1 Å². The number of likely N-dealkylation sites (tertiary alicyclic amines) is 2. The second-order valence-electron chi connectivity index (χ2n) is 14.4. The predicted octanol–water partition coefficient (Wildman–Crippen LogP) is 8.31. The Kier molecular flexibility index (Phi) is 9.27. The van der Waals surface area contributed by atoms with Crippen LogP contribution in [0.5, 0.6) is 0 Å². The number of aryl methyl sites for hydroxylation is 1. The second kappa shape index (κ2) is 14.1. The fraction of sp³-hybridized carbons (Fsp3) is 0.462. The summed E-state index contributed by atoms with van der Waals surface area (Å²) in [5.74, 6) is 1.67. The summed E-state index contributed by atoms with van der Waals surface area (Å²) in [5.41, 5.74) is 11.2. The lowest BCUT2D eigenvalue weighted by Gasteiger charge is -2.24. The molecule has 2 aliphatic heterocycles. The number of non-ortho nitro benzene ring substituents is 1. The van der Waals surface area contributed by atoms with E-state index in [-0.39, 0.29) is 10.6 Å². The molecular weight excluding hydrogens is 631 g/mol. The van der Waals surface area contributed by atoms with Crippen molar-refractivity contribution in [2.45, 2.75) is 69.9 Å². The summed E-state index contributed by atoms with van der Waals surface area (Å²) in [6, 6.07) is 18.5. The standard InChI is InChI=1S/C39H47N7O2S/c40-39(41-32-8-6-28-10-20-44(36(28)25-32)18-5-17-42-13-1-2-14-42)38-24-31(27-49-38)35-23-30(35)22-33(12-19-43-15-3-4-16-43)45-21-11-29-7-9-34(46(47)48)26-37(29)45/h6-11,20-21,24-27,30,33,35H,1-5,12-19,22-23H2,(H2,40,41)/t30?,33?,35-/m0/s1. The number of aromatic nitrogens is 2. The van der Waals surface area contributed by atoms with Crippen molar-refractivity contribution in [3.05, 3.63) is 92.9 Å². The molecule has 9 nitrogen and oxygen atoms in total. The van der Waals surface area contributed by atoms with E-state index in [0.29, 0.717) is 23.7 Å². The van der Waals surface area contributed by atoms with Gasteiger partial charge in [0.1, 0.15) is 5.84 Å². The van der Waals surface area contributed by atoms with Crippen LogP contribution in [0, 0.1) is 16.0 Å². The van der Waals surface area contributed by atoms with E-state index >= 15 is 0 Å². The van der Waals surface area contributed by atoms with Crippen LogP contribution in [0.25, 0.3) is 21.8 Å². The van der Waals surface area contributed by atoms with E-state index in [9.17, 15) is 10.1 Å². The Balaban J connectivity index is 0.944. The first-order valence-electron chi connectivity index (χ1n) is 18.2. The average molecular weight is 678 g/mol. The molecule has 10 heteroatoms. The first-order valence-corrected chi connectivity index (χ1v) is 19.1. The molecule has 0 amide bonds. The Morgan fingerprint density at radius 3 is 2.43 bits per heavy atom. The fourth-order valence-electron chi connectivity index (χ4n) is 8.33. The maximum Gasteiger partial charge on any atom is 0.271 e. The van der Waals surface area contributed by atoms with Gasteiger partial charge >= 0.3 is 0 Å². The normalized spacial score (nSPS) is 20.9. The van der Waals surface area contributed by atoms with Gasteiger partial charge in [-0.1, -0.05) is 6.07 Å². The number of nitro benzene ring substituents is 1. The SMILES string of the molecule is NC(=Nc1ccc2ccn(CCCN3CCCC3)c2c1)c1cc([C@H]2CC2CC(CCN2CCCC2)n2ccc3ccc([N+](=O)[O-])cc32)cs1. The van der Waals surface area contributed by atoms with Crippen molar-refractivity contribution in [3.63, 3.8) is 0 Å². The molecule has 3 atom stereocenters. The lowest BCUT2D eigenvalue weighted by Crippen LogP contribution is -2.24. The molecule has 2 aromatic carbocycles. The molecule has 0 spiro atoms. The minimum atomic E-state index is -0.288. The summed E-state index contributed by atoms with van der Waals surface area (Å²) in [4.78, 5) is 22.3. The highest BCUT2D eigenvalue weighted by atomic mass is 32.1. The summed E-state index contributed by atoms with van der Waals surface area (Å²) in [6.07, 6.45) is 14.0. The minimum absolute atomic E-state index is 0.155. The Morgan fingerprint density at radius 2 is 1.63 bits per heavy atom. The average Bonchev–Trinajstić information content (AvgIpc) is 3.80. The maximum absolute atomic E-state index is 11.6. The van der Waals surface area contributed by atoms with Gasteiger partial charge in [0, 0.05) is 49.0 Å². The quantitative estimate of drug-likeness (QED) is 0.0552. The second-order valence-corrected chi connectivity index (χ2v) is 15.4. The molecule has 1 aliphatic carbocycles. The first-order chi connectivity index (χ1) is 24.0. The third-order valence-electron chi connectivity index (χ3n) is 11.2. The number of rotatable bonds is 14. The molecule has 0 radical (unpaired) electrons. The highest BCUT2D eigenvalue weighted by Crippen LogP contribution is 2.53. The number of nitrogens with zero attached hydrogens (tertiary/aromatic N) is 6. The molecule has 3 aliphatic rings. The maximum atomic E-state index is 11.6. The van der Waals surface area contributed by atoms with Crippen LogP contribution in [0.4, 0.5) is 11.4 Å². The molecule has 3 aromatic heterocycles. The van der Waals surface area contributed by atoms with Crippen molar-refractivity contribution in [1.29, 1.82) is 0 Å². The molecule has 0 bridgehead atoms. The van der Waals surface area contributed by atoms with E-state index in [1.165, 1.54) is 74.9 Å². The molecule has 1 saturated carbocycles. The molecule has 8 rings (SSSR count). The molecule has 3 fully saturated rings. The number of hydrogen-bond acceptors (Lipinski definition) is 6. The van der Waals surface area contributed by atoms with Crippen molar-refractivity contribution < 1.29 is 4.92 Å². The van der Waals surface area contributed by atoms with Gasteiger partial charge in [0.05, 0.1) is 26.5 Å². The van der Waals surface area contributed by atoms with E-state index in [1.807, 2.05) is 6.07 Å². The third-order valence-corrected chi connectivity index (χ3v) is 12.1. The Labute approximate surface area is 292 Å². The monoisotopic (exact) mass is 677 g/mol. The first kappa shape index (κ1) is 32.2. The summed E-state index contributed by atoms with van der Waals surface area (Å²) < 4.78 is 4.67.